The Morgan fingerprint density at radius 1 is 1.21 bits per heavy atom. The Morgan fingerprint density at radius 3 is 2.29 bits per heavy atom. The van der Waals surface area contributed by atoms with Crippen molar-refractivity contribution in [2.45, 2.75) is 46.3 Å². The molecule has 0 spiro atoms. The SMILES string of the molecule is CN=C(NCCNC(=O)C(C)C)NC1CN(C(=O)OC(C)(C)C)C1. The number of nitrogens with one attached hydrogen (secondary N) is 3. The first-order valence-electron chi connectivity index (χ1n) is 8.35. The number of carbonyl (C=O) groups is 2. The molecule has 0 unspecified atom stereocenters. The van der Waals surface area contributed by atoms with E-state index in [1.807, 2.05) is 34.6 Å². The fourth-order valence-electron chi connectivity index (χ4n) is 2.00. The van der Waals surface area contributed by atoms with Gasteiger partial charge in [-0.15, -0.1) is 0 Å². The van der Waals surface area contributed by atoms with Gasteiger partial charge in [0.25, 0.3) is 0 Å². The number of ether oxygens (including phenoxy) is 1. The van der Waals surface area contributed by atoms with Crippen LogP contribution in [0.4, 0.5) is 4.79 Å². The highest BCUT2D eigenvalue weighted by Gasteiger charge is 2.34. The van der Waals surface area contributed by atoms with Gasteiger partial charge in [-0.25, -0.2) is 4.79 Å². The molecular formula is C16H31N5O3. The molecule has 0 atom stereocenters. The standard InChI is InChI=1S/C16H31N5O3/c1-11(2)13(22)18-7-8-19-14(17-6)20-12-9-21(10-12)15(23)24-16(3,4)5/h11-12H,7-10H2,1-6H3,(H,18,22)(H2,17,19,20). The summed E-state index contributed by atoms with van der Waals surface area (Å²) in [5.41, 5.74) is -0.479. The van der Waals surface area contributed by atoms with Crippen LogP contribution in [0.2, 0.25) is 0 Å². The molecule has 0 aromatic heterocycles. The lowest BCUT2D eigenvalue weighted by Gasteiger charge is -2.40. The molecule has 8 nitrogen and oxygen atoms in total. The van der Waals surface area contributed by atoms with E-state index >= 15 is 0 Å². The highest BCUT2D eigenvalue weighted by Crippen LogP contribution is 2.14. The van der Waals surface area contributed by atoms with E-state index in [-0.39, 0.29) is 24.0 Å². The molecule has 1 saturated heterocycles. The number of carbonyl (C=O) groups excluding carboxylic acids is 2. The Labute approximate surface area is 144 Å². The number of likely N-dealkylation sites (tertiary alicyclic amines) is 1. The third-order valence-corrected chi connectivity index (χ3v) is 3.34. The summed E-state index contributed by atoms with van der Waals surface area (Å²) in [5.74, 6) is 0.672. The fraction of sp³-hybridized carbons (Fsp3) is 0.812. The summed E-state index contributed by atoms with van der Waals surface area (Å²) in [6.45, 7) is 11.6. The Hall–Kier alpha value is -1.99. The maximum Gasteiger partial charge on any atom is 0.410 e. The lowest BCUT2D eigenvalue weighted by Crippen LogP contribution is -2.63. The van der Waals surface area contributed by atoms with Crippen molar-refractivity contribution in [2.24, 2.45) is 10.9 Å². The molecule has 0 saturated carbocycles. The number of guanidine groups is 1. The third kappa shape index (κ3) is 7.06. The van der Waals surface area contributed by atoms with Crippen LogP contribution >= 0.6 is 0 Å². The molecular weight excluding hydrogens is 310 g/mol. The molecule has 2 amide bonds. The minimum atomic E-state index is -0.479. The van der Waals surface area contributed by atoms with Crippen LogP contribution in [0.15, 0.2) is 4.99 Å². The second-order valence-corrected chi connectivity index (χ2v) is 7.17. The zero-order valence-electron chi connectivity index (χ0n) is 15.6. The summed E-state index contributed by atoms with van der Waals surface area (Å²) >= 11 is 0. The van der Waals surface area contributed by atoms with Gasteiger partial charge in [0.15, 0.2) is 5.96 Å². The van der Waals surface area contributed by atoms with Crippen LogP contribution in [0, 0.1) is 5.92 Å². The van der Waals surface area contributed by atoms with E-state index in [1.54, 1.807) is 11.9 Å². The minimum absolute atomic E-state index is 0.0174. The van der Waals surface area contributed by atoms with Crippen molar-refractivity contribution in [1.29, 1.82) is 0 Å². The Balaban J connectivity index is 2.22. The number of rotatable bonds is 5. The molecule has 24 heavy (non-hydrogen) atoms. The van der Waals surface area contributed by atoms with E-state index in [2.05, 4.69) is 20.9 Å². The largest absolute Gasteiger partial charge is 0.444 e. The summed E-state index contributed by atoms with van der Waals surface area (Å²) < 4.78 is 5.32. The summed E-state index contributed by atoms with van der Waals surface area (Å²) in [4.78, 5) is 29.1. The molecule has 1 aliphatic rings. The number of hydrogen-bond acceptors (Lipinski definition) is 4. The average molecular weight is 341 g/mol. The van der Waals surface area contributed by atoms with Gasteiger partial charge in [-0.05, 0) is 20.8 Å². The minimum Gasteiger partial charge on any atom is -0.444 e. The quantitative estimate of drug-likeness (QED) is 0.385. The van der Waals surface area contributed by atoms with Crippen LogP contribution < -0.4 is 16.0 Å². The molecule has 0 aromatic carbocycles. The predicted molar refractivity (Wildman–Crippen MR) is 93.9 cm³/mol. The second kappa shape index (κ2) is 8.75. The molecule has 1 heterocycles. The van der Waals surface area contributed by atoms with Crippen LogP contribution in [0.1, 0.15) is 34.6 Å². The van der Waals surface area contributed by atoms with Crippen LogP contribution in [-0.2, 0) is 9.53 Å². The highest BCUT2D eigenvalue weighted by atomic mass is 16.6. The molecule has 0 aromatic rings. The third-order valence-electron chi connectivity index (χ3n) is 3.34. The Morgan fingerprint density at radius 2 is 1.79 bits per heavy atom. The zero-order valence-corrected chi connectivity index (χ0v) is 15.6. The Kier molecular flexibility index (Phi) is 7.31. The topological polar surface area (TPSA) is 95.1 Å². The number of nitrogens with zero attached hydrogens (tertiary/aromatic N) is 2. The van der Waals surface area contributed by atoms with Gasteiger partial charge < -0.3 is 25.6 Å². The molecule has 0 bridgehead atoms. The molecule has 8 heteroatoms. The Bertz CT molecular complexity index is 465. The van der Waals surface area contributed by atoms with E-state index in [1.165, 1.54) is 0 Å². The molecule has 1 rings (SSSR count). The maximum atomic E-state index is 11.9. The highest BCUT2D eigenvalue weighted by molar-refractivity contribution is 5.81. The van der Waals surface area contributed by atoms with Crippen LogP contribution in [0.5, 0.6) is 0 Å². The van der Waals surface area contributed by atoms with Crippen molar-refractivity contribution in [1.82, 2.24) is 20.9 Å². The first-order valence-corrected chi connectivity index (χ1v) is 8.35. The molecule has 0 aliphatic carbocycles. The van der Waals surface area contributed by atoms with Crippen molar-refractivity contribution in [3.8, 4) is 0 Å². The molecule has 0 radical (unpaired) electrons. The van der Waals surface area contributed by atoms with Crippen LogP contribution in [0.25, 0.3) is 0 Å². The number of aliphatic imine (C=N–C) groups is 1. The van der Waals surface area contributed by atoms with Crippen LogP contribution in [0.3, 0.4) is 0 Å². The summed E-state index contributed by atoms with van der Waals surface area (Å²) in [6, 6.07) is 0.147. The van der Waals surface area contributed by atoms with Gasteiger partial charge in [-0.1, -0.05) is 13.8 Å². The van der Waals surface area contributed by atoms with E-state index in [0.29, 0.717) is 32.1 Å². The lowest BCUT2D eigenvalue weighted by atomic mass is 10.1. The van der Waals surface area contributed by atoms with Gasteiger partial charge in [0.05, 0.1) is 6.04 Å². The molecule has 138 valence electrons. The number of amides is 2. The predicted octanol–water partition coefficient (Wildman–Crippen LogP) is 0.543. The summed E-state index contributed by atoms with van der Waals surface area (Å²) in [5, 5.41) is 9.21. The van der Waals surface area contributed by atoms with Crippen molar-refractivity contribution >= 4 is 18.0 Å². The van der Waals surface area contributed by atoms with E-state index in [9.17, 15) is 9.59 Å². The smallest absolute Gasteiger partial charge is 0.410 e. The molecule has 1 aliphatic heterocycles. The average Bonchev–Trinajstić information content (AvgIpc) is 2.41. The zero-order chi connectivity index (χ0) is 18.3. The van der Waals surface area contributed by atoms with Gasteiger partial charge in [0, 0.05) is 39.1 Å². The number of hydrogen-bond donors (Lipinski definition) is 3. The van der Waals surface area contributed by atoms with E-state index in [0.717, 1.165) is 0 Å². The van der Waals surface area contributed by atoms with Crippen molar-refractivity contribution in [2.75, 3.05) is 33.2 Å². The van der Waals surface area contributed by atoms with Gasteiger partial charge in [0.1, 0.15) is 5.60 Å². The fourth-order valence-corrected chi connectivity index (χ4v) is 2.00. The molecule has 1 fully saturated rings. The van der Waals surface area contributed by atoms with Crippen molar-refractivity contribution in [3.05, 3.63) is 0 Å². The van der Waals surface area contributed by atoms with Crippen LogP contribution in [-0.4, -0.2) is 67.7 Å². The van der Waals surface area contributed by atoms with Gasteiger partial charge in [-0.2, -0.15) is 0 Å². The first kappa shape index (κ1) is 20.1. The van der Waals surface area contributed by atoms with Crippen molar-refractivity contribution < 1.29 is 14.3 Å². The maximum absolute atomic E-state index is 11.9. The van der Waals surface area contributed by atoms with Gasteiger partial charge in [-0.3, -0.25) is 9.79 Å². The monoisotopic (exact) mass is 341 g/mol. The van der Waals surface area contributed by atoms with Gasteiger partial charge >= 0.3 is 6.09 Å². The van der Waals surface area contributed by atoms with E-state index in [4.69, 9.17) is 4.74 Å². The second-order valence-electron chi connectivity index (χ2n) is 7.17. The van der Waals surface area contributed by atoms with E-state index < -0.39 is 5.60 Å². The lowest BCUT2D eigenvalue weighted by molar-refractivity contribution is -0.123. The first-order chi connectivity index (χ1) is 11.1. The summed E-state index contributed by atoms with van der Waals surface area (Å²) in [6.07, 6.45) is -0.292. The summed E-state index contributed by atoms with van der Waals surface area (Å²) in [7, 11) is 1.69. The van der Waals surface area contributed by atoms with Crippen molar-refractivity contribution in [3.63, 3.8) is 0 Å². The molecule has 3 N–H and O–H groups in total. The van der Waals surface area contributed by atoms with Gasteiger partial charge in [0.2, 0.25) is 5.91 Å². The normalized spacial score (nSPS) is 15.8.